The van der Waals surface area contributed by atoms with Gasteiger partial charge in [0, 0.05) is 13.7 Å². The van der Waals surface area contributed by atoms with Gasteiger partial charge in [0.15, 0.2) is 0 Å². The highest BCUT2D eigenvalue weighted by Crippen LogP contribution is 2.17. The molecule has 20 heavy (non-hydrogen) atoms. The molecule has 0 saturated carbocycles. The van der Waals surface area contributed by atoms with Crippen LogP contribution in [0.5, 0.6) is 0 Å². The third kappa shape index (κ3) is 6.17. The summed E-state index contributed by atoms with van der Waals surface area (Å²) < 4.78 is 10.4. The molecule has 6 heteroatoms. The van der Waals surface area contributed by atoms with Crippen molar-refractivity contribution < 1.29 is 24.5 Å². The summed E-state index contributed by atoms with van der Waals surface area (Å²) in [5.41, 5.74) is 0. The van der Waals surface area contributed by atoms with Crippen LogP contribution in [0.1, 0.15) is 32.6 Å². The van der Waals surface area contributed by atoms with Crippen LogP contribution in [0.4, 0.5) is 0 Å². The summed E-state index contributed by atoms with van der Waals surface area (Å²) in [5, 5.41) is 19.3. The van der Waals surface area contributed by atoms with Gasteiger partial charge < -0.3 is 19.7 Å². The van der Waals surface area contributed by atoms with E-state index in [1.807, 2.05) is 11.8 Å². The molecule has 118 valence electrons. The van der Waals surface area contributed by atoms with Crippen LogP contribution in [0.25, 0.3) is 0 Å². The highest BCUT2D eigenvalue weighted by Gasteiger charge is 2.28. The molecule has 0 spiro atoms. The monoisotopic (exact) mass is 289 g/mol. The average molecular weight is 289 g/mol. The van der Waals surface area contributed by atoms with Crippen molar-refractivity contribution >= 4 is 5.97 Å². The number of rotatable bonds is 8. The van der Waals surface area contributed by atoms with Crippen LogP contribution in [0.3, 0.4) is 0 Å². The van der Waals surface area contributed by atoms with Crippen molar-refractivity contribution in [3.8, 4) is 0 Å². The maximum atomic E-state index is 11.3. The van der Waals surface area contributed by atoms with Crippen molar-refractivity contribution in [2.45, 2.75) is 50.9 Å². The standard InChI is InChI=1S/C14H27NO5/c1-11(9-19-2)20-10-12(16)8-15-7-5-3-4-6-13(15)14(17)18/h11-13,16H,3-10H2,1-2H3,(H,17,18). The summed E-state index contributed by atoms with van der Waals surface area (Å²) >= 11 is 0. The first-order chi connectivity index (χ1) is 9.54. The molecule has 1 aliphatic heterocycles. The number of β-amino-alcohol motifs (C(OH)–C–C–N with tert-alkyl or cyclic N) is 1. The molecule has 0 aromatic heterocycles. The number of likely N-dealkylation sites (tertiary alicyclic amines) is 1. The van der Waals surface area contributed by atoms with Gasteiger partial charge in [-0.3, -0.25) is 9.69 Å². The summed E-state index contributed by atoms with van der Waals surface area (Å²) in [7, 11) is 1.60. The van der Waals surface area contributed by atoms with Gasteiger partial charge in [0.25, 0.3) is 0 Å². The molecule has 1 heterocycles. The van der Waals surface area contributed by atoms with E-state index in [0.717, 1.165) is 25.8 Å². The van der Waals surface area contributed by atoms with Gasteiger partial charge in [-0.1, -0.05) is 12.8 Å². The average Bonchev–Trinajstić information content (AvgIpc) is 2.62. The molecule has 2 N–H and O–H groups in total. The van der Waals surface area contributed by atoms with Crippen molar-refractivity contribution in [1.82, 2.24) is 4.90 Å². The van der Waals surface area contributed by atoms with E-state index in [9.17, 15) is 15.0 Å². The maximum absolute atomic E-state index is 11.3. The molecule has 1 fully saturated rings. The Morgan fingerprint density at radius 2 is 2.10 bits per heavy atom. The number of hydrogen-bond acceptors (Lipinski definition) is 5. The Balaban J connectivity index is 2.40. The third-order valence-corrected chi connectivity index (χ3v) is 3.57. The Morgan fingerprint density at radius 1 is 1.35 bits per heavy atom. The molecule has 0 aromatic carbocycles. The second-order valence-electron chi connectivity index (χ2n) is 5.45. The van der Waals surface area contributed by atoms with Crippen LogP contribution in [0, 0.1) is 0 Å². The van der Waals surface area contributed by atoms with E-state index in [1.165, 1.54) is 0 Å². The molecule has 6 nitrogen and oxygen atoms in total. The minimum absolute atomic E-state index is 0.0749. The van der Waals surface area contributed by atoms with Gasteiger partial charge in [-0.15, -0.1) is 0 Å². The molecule has 1 saturated heterocycles. The summed E-state index contributed by atoms with van der Waals surface area (Å²) in [4.78, 5) is 13.1. The van der Waals surface area contributed by atoms with E-state index in [4.69, 9.17) is 9.47 Å². The lowest BCUT2D eigenvalue weighted by molar-refractivity contribution is -0.144. The Hall–Kier alpha value is -0.690. The van der Waals surface area contributed by atoms with Crippen molar-refractivity contribution in [2.24, 2.45) is 0 Å². The van der Waals surface area contributed by atoms with Crippen molar-refractivity contribution in [3.05, 3.63) is 0 Å². The highest BCUT2D eigenvalue weighted by molar-refractivity contribution is 5.73. The largest absolute Gasteiger partial charge is 0.480 e. The molecule has 0 aliphatic carbocycles. The molecule has 1 rings (SSSR count). The molecule has 0 aromatic rings. The minimum atomic E-state index is -0.798. The summed E-state index contributed by atoms with van der Waals surface area (Å²) in [6.45, 7) is 3.63. The van der Waals surface area contributed by atoms with E-state index in [-0.39, 0.29) is 12.7 Å². The number of carboxylic acid groups (broad SMARTS) is 1. The molecule has 0 bridgehead atoms. The lowest BCUT2D eigenvalue weighted by Gasteiger charge is -2.29. The lowest BCUT2D eigenvalue weighted by atomic mass is 10.1. The summed E-state index contributed by atoms with van der Waals surface area (Å²) in [6, 6.07) is -0.483. The van der Waals surface area contributed by atoms with Gasteiger partial charge in [0.1, 0.15) is 6.04 Å². The smallest absolute Gasteiger partial charge is 0.320 e. The van der Waals surface area contributed by atoms with Gasteiger partial charge in [0.05, 0.1) is 25.4 Å². The predicted molar refractivity (Wildman–Crippen MR) is 74.8 cm³/mol. The second kappa shape index (κ2) is 9.28. The lowest BCUT2D eigenvalue weighted by Crippen LogP contribution is -2.45. The first kappa shape index (κ1) is 17.4. The zero-order valence-corrected chi connectivity index (χ0v) is 12.5. The Kier molecular flexibility index (Phi) is 8.06. The molecule has 0 radical (unpaired) electrons. The first-order valence-electron chi connectivity index (χ1n) is 7.30. The molecule has 3 atom stereocenters. The van der Waals surface area contributed by atoms with Gasteiger partial charge in [-0.2, -0.15) is 0 Å². The molecule has 0 amide bonds. The Bertz CT molecular complexity index is 287. The minimum Gasteiger partial charge on any atom is -0.480 e. The van der Waals surface area contributed by atoms with Crippen LogP contribution in [-0.2, 0) is 14.3 Å². The zero-order chi connectivity index (χ0) is 15.0. The number of carbonyl (C=O) groups is 1. The van der Waals surface area contributed by atoms with E-state index in [0.29, 0.717) is 19.6 Å². The van der Waals surface area contributed by atoms with E-state index < -0.39 is 18.1 Å². The second-order valence-corrected chi connectivity index (χ2v) is 5.45. The van der Waals surface area contributed by atoms with Gasteiger partial charge >= 0.3 is 5.97 Å². The summed E-state index contributed by atoms with van der Waals surface area (Å²) in [5.74, 6) is -0.798. The SMILES string of the molecule is COCC(C)OCC(O)CN1CCCCCC1C(=O)O. The van der Waals surface area contributed by atoms with Gasteiger partial charge in [0.2, 0.25) is 0 Å². The molecular formula is C14H27NO5. The Morgan fingerprint density at radius 3 is 2.75 bits per heavy atom. The molecule has 3 unspecified atom stereocenters. The number of aliphatic carboxylic acids is 1. The van der Waals surface area contributed by atoms with Crippen molar-refractivity contribution in [1.29, 1.82) is 0 Å². The van der Waals surface area contributed by atoms with Crippen LogP contribution in [0.2, 0.25) is 0 Å². The fourth-order valence-electron chi connectivity index (χ4n) is 2.55. The third-order valence-electron chi connectivity index (χ3n) is 3.57. The van der Waals surface area contributed by atoms with Crippen LogP contribution in [-0.4, -0.2) is 72.7 Å². The van der Waals surface area contributed by atoms with Crippen molar-refractivity contribution in [2.75, 3.05) is 33.4 Å². The number of aliphatic hydroxyl groups is 1. The van der Waals surface area contributed by atoms with Gasteiger partial charge in [-0.05, 0) is 26.3 Å². The molecule has 1 aliphatic rings. The quantitative estimate of drug-likeness (QED) is 0.686. The number of ether oxygens (including phenoxy) is 2. The highest BCUT2D eigenvalue weighted by atomic mass is 16.5. The summed E-state index contributed by atoms with van der Waals surface area (Å²) in [6.07, 6.45) is 2.88. The van der Waals surface area contributed by atoms with Crippen LogP contribution >= 0.6 is 0 Å². The van der Waals surface area contributed by atoms with Gasteiger partial charge in [-0.25, -0.2) is 0 Å². The number of methoxy groups -OCH3 is 1. The van der Waals surface area contributed by atoms with E-state index in [1.54, 1.807) is 7.11 Å². The molecular weight excluding hydrogens is 262 g/mol. The number of carboxylic acids is 1. The topological polar surface area (TPSA) is 79.2 Å². The maximum Gasteiger partial charge on any atom is 0.320 e. The van der Waals surface area contributed by atoms with E-state index in [2.05, 4.69) is 0 Å². The normalized spacial score (nSPS) is 24.1. The zero-order valence-electron chi connectivity index (χ0n) is 12.5. The number of hydrogen-bond donors (Lipinski definition) is 2. The number of nitrogens with zero attached hydrogens (tertiary/aromatic N) is 1. The van der Waals surface area contributed by atoms with Crippen molar-refractivity contribution in [3.63, 3.8) is 0 Å². The van der Waals surface area contributed by atoms with Crippen LogP contribution in [0.15, 0.2) is 0 Å². The first-order valence-corrected chi connectivity index (χ1v) is 7.30. The number of aliphatic hydroxyl groups excluding tert-OH is 1. The Labute approximate surface area is 120 Å². The van der Waals surface area contributed by atoms with E-state index >= 15 is 0 Å². The fourth-order valence-corrected chi connectivity index (χ4v) is 2.55. The van der Waals surface area contributed by atoms with Crippen LogP contribution < -0.4 is 0 Å². The fraction of sp³-hybridized carbons (Fsp3) is 0.929. The predicted octanol–water partition coefficient (Wildman–Crippen LogP) is 0.728.